The summed E-state index contributed by atoms with van der Waals surface area (Å²) in [6.45, 7) is 6.83. The van der Waals surface area contributed by atoms with Crippen LogP contribution in [0.1, 0.15) is 94.9 Å². The van der Waals surface area contributed by atoms with E-state index in [1.54, 1.807) is 5.56 Å². The Morgan fingerprint density at radius 3 is 2.23 bits per heavy atom. The molecule has 0 bridgehead atoms. The summed E-state index contributed by atoms with van der Waals surface area (Å²) in [7, 11) is 0. The molecule has 0 aliphatic heterocycles. The van der Waals surface area contributed by atoms with Crippen LogP contribution in [0.25, 0.3) is 10.8 Å². The summed E-state index contributed by atoms with van der Waals surface area (Å²) in [6, 6.07) is 11.4. The molecule has 0 saturated heterocycles. The van der Waals surface area contributed by atoms with Crippen LogP contribution < -0.4 is 5.73 Å². The fourth-order valence-electron chi connectivity index (χ4n) is 4.05. The second kappa shape index (κ2) is 12.1. The molecule has 2 aromatic rings. The Morgan fingerprint density at radius 1 is 0.846 bits per heavy atom. The normalized spacial score (nSPS) is 12.2. The molecule has 1 unspecified atom stereocenters. The predicted molar refractivity (Wildman–Crippen MR) is 116 cm³/mol. The molecule has 0 saturated carbocycles. The lowest BCUT2D eigenvalue weighted by atomic mass is 9.85. The van der Waals surface area contributed by atoms with Gasteiger partial charge in [-0.3, -0.25) is 0 Å². The third kappa shape index (κ3) is 5.82. The van der Waals surface area contributed by atoms with E-state index in [9.17, 15) is 0 Å². The van der Waals surface area contributed by atoms with Gasteiger partial charge in [0.2, 0.25) is 0 Å². The largest absolute Gasteiger partial charge is 0.412 e. The molecular formula is C24H39NO. The molecule has 2 aromatic carbocycles. The quantitative estimate of drug-likeness (QED) is 0.473. The minimum absolute atomic E-state index is 0. The first-order chi connectivity index (χ1) is 12.2. The van der Waals surface area contributed by atoms with Gasteiger partial charge >= 0.3 is 0 Å². The van der Waals surface area contributed by atoms with Gasteiger partial charge in [-0.25, -0.2) is 0 Å². The Bertz CT molecular complexity index is 650. The third-order valence-electron chi connectivity index (χ3n) is 5.30. The SMILES string of the molecule is CCCCCCCC(N)c1c(CCC)c(CCC)cc2ccccc12.O. The van der Waals surface area contributed by atoms with Gasteiger partial charge in [0, 0.05) is 6.04 Å². The van der Waals surface area contributed by atoms with Crippen LogP contribution in [0, 0.1) is 0 Å². The first-order valence-corrected chi connectivity index (χ1v) is 10.5. The van der Waals surface area contributed by atoms with E-state index in [1.165, 1.54) is 66.8 Å². The minimum Gasteiger partial charge on any atom is -0.412 e. The average molecular weight is 358 g/mol. The Hall–Kier alpha value is -1.38. The predicted octanol–water partition coefficient (Wildman–Crippen LogP) is 6.28. The molecule has 0 fully saturated rings. The molecule has 146 valence electrons. The van der Waals surface area contributed by atoms with E-state index >= 15 is 0 Å². The highest BCUT2D eigenvalue weighted by molar-refractivity contribution is 5.88. The van der Waals surface area contributed by atoms with E-state index in [0.29, 0.717) is 0 Å². The number of aryl methyl sites for hydroxylation is 1. The average Bonchev–Trinajstić information content (AvgIpc) is 2.62. The fraction of sp³-hybridized carbons (Fsp3) is 0.583. The van der Waals surface area contributed by atoms with E-state index in [0.717, 1.165) is 19.3 Å². The molecule has 1 atom stereocenters. The van der Waals surface area contributed by atoms with Crippen molar-refractivity contribution in [1.29, 1.82) is 0 Å². The smallest absolute Gasteiger partial charge is 0.0303 e. The second-order valence-corrected chi connectivity index (χ2v) is 7.46. The summed E-state index contributed by atoms with van der Waals surface area (Å²) >= 11 is 0. The Morgan fingerprint density at radius 2 is 1.54 bits per heavy atom. The van der Waals surface area contributed by atoms with Gasteiger partial charge in [-0.15, -0.1) is 0 Å². The van der Waals surface area contributed by atoms with Gasteiger partial charge in [-0.1, -0.05) is 96.0 Å². The van der Waals surface area contributed by atoms with Crippen molar-refractivity contribution < 1.29 is 5.48 Å². The summed E-state index contributed by atoms with van der Waals surface area (Å²) in [6.07, 6.45) is 12.4. The molecule has 0 aliphatic carbocycles. The van der Waals surface area contributed by atoms with Crippen molar-refractivity contribution in [3.05, 3.63) is 47.0 Å². The first kappa shape index (κ1) is 22.7. The van der Waals surface area contributed by atoms with E-state index in [2.05, 4.69) is 51.1 Å². The van der Waals surface area contributed by atoms with Crippen molar-refractivity contribution in [1.82, 2.24) is 0 Å². The van der Waals surface area contributed by atoms with Crippen LogP contribution in [0.5, 0.6) is 0 Å². The zero-order valence-electron chi connectivity index (χ0n) is 17.1. The van der Waals surface area contributed by atoms with Gasteiger partial charge in [0.05, 0.1) is 0 Å². The molecule has 0 heterocycles. The maximum Gasteiger partial charge on any atom is 0.0303 e. The van der Waals surface area contributed by atoms with Crippen molar-refractivity contribution in [2.45, 2.75) is 91.0 Å². The molecule has 0 radical (unpaired) electrons. The van der Waals surface area contributed by atoms with Gasteiger partial charge in [0.1, 0.15) is 0 Å². The number of hydrogen-bond donors (Lipinski definition) is 1. The molecule has 0 aromatic heterocycles. The molecule has 0 spiro atoms. The summed E-state index contributed by atoms with van der Waals surface area (Å²) in [5, 5.41) is 2.74. The van der Waals surface area contributed by atoms with Crippen LogP contribution in [0.2, 0.25) is 0 Å². The van der Waals surface area contributed by atoms with Gasteiger partial charge in [-0.05, 0) is 46.7 Å². The second-order valence-electron chi connectivity index (χ2n) is 7.46. The van der Waals surface area contributed by atoms with Crippen LogP contribution in [-0.4, -0.2) is 5.48 Å². The number of hydrogen-bond acceptors (Lipinski definition) is 1. The lowest BCUT2D eigenvalue weighted by molar-refractivity contribution is 0.554. The first-order valence-electron chi connectivity index (χ1n) is 10.5. The van der Waals surface area contributed by atoms with Gasteiger partial charge < -0.3 is 11.2 Å². The molecule has 2 nitrogen and oxygen atoms in total. The highest BCUT2D eigenvalue weighted by atomic mass is 16.0. The summed E-state index contributed by atoms with van der Waals surface area (Å²) in [5.74, 6) is 0. The van der Waals surface area contributed by atoms with Crippen LogP contribution in [0.3, 0.4) is 0 Å². The highest BCUT2D eigenvalue weighted by Crippen LogP contribution is 2.33. The van der Waals surface area contributed by atoms with E-state index in [-0.39, 0.29) is 11.5 Å². The molecule has 2 rings (SSSR count). The highest BCUT2D eigenvalue weighted by Gasteiger charge is 2.17. The summed E-state index contributed by atoms with van der Waals surface area (Å²) in [4.78, 5) is 0. The maximum absolute atomic E-state index is 6.77. The molecule has 0 aliphatic rings. The van der Waals surface area contributed by atoms with Crippen LogP contribution in [-0.2, 0) is 12.8 Å². The summed E-state index contributed by atoms with van der Waals surface area (Å²) in [5.41, 5.74) is 11.3. The third-order valence-corrected chi connectivity index (χ3v) is 5.30. The summed E-state index contributed by atoms with van der Waals surface area (Å²) < 4.78 is 0. The Balaban J connectivity index is 0.00000338. The molecule has 4 N–H and O–H groups in total. The van der Waals surface area contributed by atoms with Crippen molar-refractivity contribution in [3.63, 3.8) is 0 Å². The maximum atomic E-state index is 6.77. The lowest BCUT2D eigenvalue weighted by Crippen LogP contribution is -2.15. The van der Waals surface area contributed by atoms with Crippen molar-refractivity contribution >= 4 is 10.8 Å². The number of fused-ring (bicyclic) bond motifs is 1. The van der Waals surface area contributed by atoms with Crippen LogP contribution >= 0.6 is 0 Å². The zero-order chi connectivity index (χ0) is 18.1. The molecule has 0 amide bonds. The van der Waals surface area contributed by atoms with Crippen molar-refractivity contribution in [2.24, 2.45) is 5.73 Å². The number of benzene rings is 2. The molecular weight excluding hydrogens is 318 g/mol. The van der Waals surface area contributed by atoms with Crippen LogP contribution in [0.15, 0.2) is 30.3 Å². The van der Waals surface area contributed by atoms with Crippen molar-refractivity contribution in [3.8, 4) is 0 Å². The topological polar surface area (TPSA) is 57.5 Å². The number of rotatable bonds is 11. The van der Waals surface area contributed by atoms with Gasteiger partial charge in [0.15, 0.2) is 0 Å². The zero-order valence-corrected chi connectivity index (χ0v) is 17.1. The Kier molecular flexibility index (Phi) is 10.5. The Labute approximate surface area is 160 Å². The number of unbranched alkanes of at least 4 members (excludes halogenated alkanes) is 4. The molecule has 2 heteroatoms. The molecule has 26 heavy (non-hydrogen) atoms. The van der Waals surface area contributed by atoms with Gasteiger partial charge in [0.25, 0.3) is 0 Å². The van der Waals surface area contributed by atoms with E-state index in [1.807, 2.05) is 0 Å². The number of nitrogens with two attached hydrogens (primary N) is 1. The fourth-order valence-corrected chi connectivity index (χ4v) is 4.05. The monoisotopic (exact) mass is 357 g/mol. The van der Waals surface area contributed by atoms with E-state index < -0.39 is 0 Å². The standard InChI is InChI=1S/C24H37N.H2O/c1-4-7-8-9-10-17-23(25)24-21(14-6-3)19(13-5-2)18-20-15-11-12-16-22(20)24;/h11-12,15-16,18,23H,4-10,13-14,17,25H2,1-3H3;1H2. The van der Waals surface area contributed by atoms with Gasteiger partial charge in [-0.2, -0.15) is 0 Å². The van der Waals surface area contributed by atoms with E-state index in [4.69, 9.17) is 5.73 Å². The van der Waals surface area contributed by atoms with Crippen LogP contribution in [0.4, 0.5) is 0 Å². The van der Waals surface area contributed by atoms with Crippen molar-refractivity contribution in [2.75, 3.05) is 0 Å². The lowest BCUT2D eigenvalue weighted by Gasteiger charge is -2.22. The minimum atomic E-state index is 0.